The second-order valence-electron chi connectivity index (χ2n) is 7.04. The van der Waals surface area contributed by atoms with Crippen molar-refractivity contribution < 1.29 is 4.74 Å². The van der Waals surface area contributed by atoms with Gasteiger partial charge in [-0.3, -0.25) is 9.36 Å². The average Bonchev–Trinajstić information content (AvgIpc) is 3.31. The van der Waals surface area contributed by atoms with E-state index in [-0.39, 0.29) is 5.56 Å². The minimum absolute atomic E-state index is 0.190. The molecule has 2 aromatic rings. The number of ether oxygens (including phenoxy) is 1. The molecule has 4 nitrogen and oxygen atoms in total. The number of hydrogen-bond acceptors (Lipinski definition) is 5. The molecule has 0 bridgehead atoms. The summed E-state index contributed by atoms with van der Waals surface area (Å²) in [6.45, 7) is 3.86. The molecule has 6 heteroatoms. The van der Waals surface area contributed by atoms with Crippen LogP contribution in [0.25, 0.3) is 10.2 Å². The SMILES string of the molecule is CCCCCn1c(SCC2CCCO2)nc2sc3c(c2c1=O)CCC3. The highest BCUT2D eigenvalue weighted by Gasteiger charge is 2.24. The van der Waals surface area contributed by atoms with Gasteiger partial charge in [-0.15, -0.1) is 11.3 Å². The summed E-state index contributed by atoms with van der Waals surface area (Å²) in [5.41, 5.74) is 1.48. The van der Waals surface area contributed by atoms with Crippen molar-refractivity contribution >= 4 is 33.3 Å². The van der Waals surface area contributed by atoms with Crippen LogP contribution in [0.3, 0.4) is 0 Å². The lowest BCUT2D eigenvalue weighted by Gasteiger charge is -2.14. The molecule has 1 aliphatic heterocycles. The van der Waals surface area contributed by atoms with E-state index in [4.69, 9.17) is 9.72 Å². The third kappa shape index (κ3) is 3.53. The fourth-order valence-corrected chi connectivity index (χ4v) is 6.22. The molecule has 1 fully saturated rings. The predicted octanol–water partition coefficient (Wildman–Crippen LogP) is 4.41. The van der Waals surface area contributed by atoms with Gasteiger partial charge in [0.2, 0.25) is 0 Å². The molecule has 2 aromatic heterocycles. The van der Waals surface area contributed by atoms with E-state index >= 15 is 0 Å². The van der Waals surface area contributed by atoms with Crippen LogP contribution in [0.15, 0.2) is 9.95 Å². The van der Waals surface area contributed by atoms with Gasteiger partial charge in [-0.1, -0.05) is 31.5 Å². The van der Waals surface area contributed by atoms with Crippen LogP contribution >= 0.6 is 23.1 Å². The van der Waals surface area contributed by atoms with Gasteiger partial charge < -0.3 is 4.74 Å². The van der Waals surface area contributed by atoms with E-state index < -0.39 is 0 Å². The molecular weight excluding hydrogens is 352 g/mol. The van der Waals surface area contributed by atoms with Crippen LogP contribution in [0.5, 0.6) is 0 Å². The number of aromatic nitrogens is 2. The highest BCUT2D eigenvalue weighted by Crippen LogP contribution is 2.36. The van der Waals surface area contributed by atoms with Gasteiger partial charge in [-0.05, 0) is 44.1 Å². The van der Waals surface area contributed by atoms with Gasteiger partial charge >= 0.3 is 0 Å². The Morgan fingerprint density at radius 1 is 1.32 bits per heavy atom. The quantitative estimate of drug-likeness (QED) is 0.407. The van der Waals surface area contributed by atoms with Crippen LogP contribution in [0.1, 0.15) is 55.9 Å². The van der Waals surface area contributed by atoms with Crippen molar-refractivity contribution in [1.82, 2.24) is 9.55 Å². The molecule has 0 aromatic carbocycles. The third-order valence-electron chi connectivity index (χ3n) is 5.20. The minimum Gasteiger partial charge on any atom is -0.377 e. The summed E-state index contributed by atoms with van der Waals surface area (Å²) in [5, 5.41) is 1.81. The first-order chi connectivity index (χ1) is 12.3. The highest BCUT2D eigenvalue weighted by atomic mass is 32.2. The van der Waals surface area contributed by atoms with E-state index in [0.29, 0.717) is 6.10 Å². The van der Waals surface area contributed by atoms with Crippen LogP contribution in [0.2, 0.25) is 0 Å². The number of fused-ring (bicyclic) bond motifs is 3. The summed E-state index contributed by atoms with van der Waals surface area (Å²) < 4.78 is 7.69. The Labute approximate surface area is 157 Å². The minimum atomic E-state index is 0.190. The summed E-state index contributed by atoms with van der Waals surface area (Å²) in [7, 11) is 0. The fraction of sp³-hybridized carbons (Fsp3) is 0.684. The number of aryl methyl sites for hydroxylation is 2. The number of thioether (sulfide) groups is 1. The standard InChI is InChI=1S/C19H26N2O2S2/c1-2-3-4-10-21-18(22)16-14-8-5-9-15(14)25-17(16)20-19(21)24-12-13-7-6-11-23-13/h13H,2-12H2,1H3. The number of nitrogens with zero attached hydrogens (tertiary/aromatic N) is 2. The van der Waals surface area contributed by atoms with Gasteiger partial charge in [-0.2, -0.15) is 0 Å². The van der Waals surface area contributed by atoms with Crippen molar-refractivity contribution in [3.05, 3.63) is 20.8 Å². The average molecular weight is 379 g/mol. The lowest BCUT2D eigenvalue weighted by Crippen LogP contribution is -2.24. The number of unbranched alkanes of at least 4 members (excludes halogenated alkanes) is 2. The predicted molar refractivity (Wildman–Crippen MR) is 105 cm³/mol. The summed E-state index contributed by atoms with van der Waals surface area (Å²) >= 11 is 3.45. The summed E-state index contributed by atoms with van der Waals surface area (Å²) in [6, 6.07) is 0. The van der Waals surface area contributed by atoms with Gasteiger partial charge in [0.05, 0.1) is 11.5 Å². The number of rotatable bonds is 7. The Bertz CT molecular complexity index is 806. The number of hydrogen-bond donors (Lipinski definition) is 0. The van der Waals surface area contributed by atoms with Crippen molar-refractivity contribution in [3.63, 3.8) is 0 Å². The molecule has 0 radical (unpaired) electrons. The molecule has 1 saturated heterocycles. The molecule has 1 unspecified atom stereocenters. The summed E-state index contributed by atoms with van der Waals surface area (Å²) in [6.07, 6.45) is 9.30. The van der Waals surface area contributed by atoms with E-state index in [1.54, 1.807) is 23.1 Å². The van der Waals surface area contributed by atoms with E-state index in [0.717, 1.165) is 79.2 Å². The summed E-state index contributed by atoms with van der Waals surface area (Å²) in [5.74, 6) is 0.900. The van der Waals surface area contributed by atoms with E-state index in [1.165, 1.54) is 16.9 Å². The summed E-state index contributed by atoms with van der Waals surface area (Å²) in [4.78, 5) is 20.5. The van der Waals surface area contributed by atoms with Gasteiger partial charge in [0.1, 0.15) is 4.83 Å². The van der Waals surface area contributed by atoms with Crippen molar-refractivity contribution in [3.8, 4) is 0 Å². The lowest BCUT2D eigenvalue weighted by atomic mass is 10.2. The normalized spacial score (nSPS) is 19.8. The first-order valence-electron chi connectivity index (χ1n) is 9.57. The van der Waals surface area contributed by atoms with E-state index in [1.807, 2.05) is 4.57 Å². The van der Waals surface area contributed by atoms with Gasteiger partial charge in [0.25, 0.3) is 5.56 Å². The lowest BCUT2D eigenvalue weighted by molar-refractivity contribution is 0.129. The Morgan fingerprint density at radius 3 is 3.04 bits per heavy atom. The zero-order valence-corrected chi connectivity index (χ0v) is 16.5. The van der Waals surface area contributed by atoms with Crippen LogP contribution in [0, 0.1) is 0 Å². The molecule has 136 valence electrons. The number of thiophene rings is 1. The Kier molecular flexibility index (Phi) is 5.48. The zero-order chi connectivity index (χ0) is 17.2. The molecule has 0 saturated carbocycles. The first-order valence-corrected chi connectivity index (χ1v) is 11.4. The van der Waals surface area contributed by atoms with Gasteiger partial charge in [-0.25, -0.2) is 4.98 Å². The molecular formula is C19H26N2O2S2. The molecule has 0 N–H and O–H groups in total. The monoisotopic (exact) mass is 378 g/mol. The third-order valence-corrected chi connectivity index (χ3v) is 7.49. The topological polar surface area (TPSA) is 44.1 Å². The smallest absolute Gasteiger partial charge is 0.263 e. The second kappa shape index (κ2) is 7.80. The van der Waals surface area contributed by atoms with E-state index in [2.05, 4.69) is 6.92 Å². The zero-order valence-electron chi connectivity index (χ0n) is 14.9. The van der Waals surface area contributed by atoms with Crippen LogP contribution in [-0.2, 0) is 24.1 Å². The molecule has 1 aliphatic carbocycles. The maximum atomic E-state index is 13.2. The van der Waals surface area contributed by atoms with Gasteiger partial charge in [0, 0.05) is 23.8 Å². The molecule has 2 aliphatic rings. The molecule has 4 rings (SSSR count). The Hall–Kier alpha value is -0.850. The second-order valence-corrected chi connectivity index (χ2v) is 9.11. The fourth-order valence-electron chi connectivity index (χ4n) is 3.83. The Morgan fingerprint density at radius 2 is 2.24 bits per heavy atom. The molecule has 0 spiro atoms. The maximum Gasteiger partial charge on any atom is 0.263 e. The molecule has 3 heterocycles. The van der Waals surface area contributed by atoms with Crippen LogP contribution < -0.4 is 5.56 Å². The maximum absolute atomic E-state index is 13.2. The molecule has 1 atom stereocenters. The molecule has 25 heavy (non-hydrogen) atoms. The van der Waals surface area contributed by atoms with Crippen LogP contribution in [0.4, 0.5) is 0 Å². The molecule has 0 amide bonds. The van der Waals surface area contributed by atoms with Crippen molar-refractivity contribution in [2.45, 2.75) is 76.1 Å². The first kappa shape index (κ1) is 17.6. The van der Waals surface area contributed by atoms with Crippen molar-refractivity contribution in [2.24, 2.45) is 0 Å². The van der Waals surface area contributed by atoms with Crippen molar-refractivity contribution in [2.75, 3.05) is 12.4 Å². The van der Waals surface area contributed by atoms with Crippen LogP contribution in [-0.4, -0.2) is 28.0 Å². The highest BCUT2D eigenvalue weighted by molar-refractivity contribution is 7.99. The van der Waals surface area contributed by atoms with E-state index in [9.17, 15) is 4.79 Å². The largest absolute Gasteiger partial charge is 0.377 e. The Balaban J connectivity index is 1.68. The van der Waals surface area contributed by atoms with Gasteiger partial charge in [0.15, 0.2) is 5.16 Å². The van der Waals surface area contributed by atoms with Crippen molar-refractivity contribution in [1.29, 1.82) is 0 Å².